The van der Waals surface area contributed by atoms with Gasteiger partial charge in [0.05, 0.1) is 16.6 Å². The Kier molecular flexibility index (Phi) is 3.50. The SMILES string of the molecule is CCN(CC)c1cc(C)c(C#N)c2nc3cc(C)ccc3n12. The van der Waals surface area contributed by atoms with Crippen molar-refractivity contribution in [1.29, 1.82) is 5.26 Å². The molecule has 3 aromatic rings. The molecule has 0 radical (unpaired) electrons. The van der Waals surface area contributed by atoms with Crippen LogP contribution in [0.5, 0.6) is 0 Å². The first-order valence-corrected chi connectivity index (χ1v) is 7.68. The van der Waals surface area contributed by atoms with Crippen molar-refractivity contribution in [2.75, 3.05) is 18.0 Å². The van der Waals surface area contributed by atoms with Gasteiger partial charge in [0.25, 0.3) is 0 Å². The van der Waals surface area contributed by atoms with E-state index in [-0.39, 0.29) is 0 Å². The number of aryl methyl sites for hydroxylation is 2. The predicted molar refractivity (Wildman–Crippen MR) is 90.4 cm³/mol. The predicted octanol–water partition coefficient (Wildman–Crippen LogP) is 3.82. The zero-order valence-electron chi connectivity index (χ0n) is 13.5. The van der Waals surface area contributed by atoms with Crippen LogP contribution in [0, 0.1) is 25.2 Å². The molecule has 0 saturated heterocycles. The fourth-order valence-electron chi connectivity index (χ4n) is 3.02. The highest BCUT2D eigenvalue weighted by atomic mass is 15.2. The maximum absolute atomic E-state index is 9.52. The summed E-state index contributed by atoms with van der Waals surface area (Å²) in [5.74, 6) is 1.10. The van der Waals surface area contributed by atoms with Crippen LogP contribution >= 0.6 is 0 Å². The van der Waals surface area contributed by atoms with Gasteiger partial charge in [-0.05, 0) is 57.0 Å². The highest BCUT2D eigenvalue weighted by Gasteiger charge is 2.17. The first-order valence-electron chi connectivity index (χ1n) is 7.68. The van der Waals surface area contributed by atoms with Crippen LogP contribution in [-0.2, 0) is 0 Å². The van der Waals surface area contributed by atoms with E-state index in [2.05, 4.69) is 60.4 Å². The second-order valence-electron chi connectivity index (χ2n) is 5.61. The average molecular weight is 292 g/mol. The minimum Gasteiger partial charge on any atom is -0.358 e. The molecule has 0 fully saturated rings. The van der Waals surface area contributed by atoms with Gasteiger partial charge in [-0.3, -0.25) is 4.40 Å². The van der Waals surface area contributed by atoms with E-state index < -0.39 is 0 Å². The molecule has 0 aliphatic carbocycles. The molecule has 1 aromatic carbocycles. The first-order chi connectivity index (χ1) is 10.6. The van der Waals surface area contributed by atoms with Crippen molar-refractivity contribution in [3.05, 3.63) is 41.0 Å². The van der Waals surface area contributed by atoms with Gasteiger partial charge in [0, 0.05) is 13.1 Å². The average Bonchev–Trinajstić information content (AvgIpc) is 2.86. The lowest BCUT2D eigenvalue weighted by Crippen LogP contribution is -2.24. The van der Waals surface area contributed by atoms with Gasteiger partial charge in [0.2, 0.25) is 0 Å². The zero-order chi connectivity index (χ0) is 15.9. The third kappa shape index (κ3) is 2.01. The number of hydrogen-bond donors (Lipinski definition) is 0. The minimum atomic E-state index is 0.657. The van der Waals surface area contributed by atoms with Crippen molar-refractivity contribution in [2.24, 2.45) is 0 Å². The topological polar surface area (TPSA) is 44.3 Å². The van der Waals surface area contributed by atoms with Gasteiger partial charge in [-0.2, -0.15) is 5.26 Å². The van der Waals surface area contributed by atoms with Gasteiger partial charge >= 0.3 is 0 Å². The fourth-order valence-corrected chi connectivity index (χ4v) is 3.02. The van der Waals surface area contributed by atoms with Gasteiger partial charge in [-0.1, -0.05) is 6.07 Å². The number of imidazole rings is 1. The van der Waals surface area contributed by atoms with Crippen LogP contribution in [0.2, 0.25) is 0 Å². The molecular weight excluding hydrogens is 272 g/mol. The van der Waals surface area contributed by atoms with Crippen LogP contribution in [-0.4, -0.2) is 22.5 Å². The molecule has 0 atom stereocenters. The van der Waals surface area contributed by atoms with Crippen molar-refractivity contribution in [3.8, 4) is 6.07 Å². The Hall–Kier alpha value is -2.54. The van der Waals surface area contributed by atoms with Crippen molar-refractivity contribution in [3.63, 3.8) is 0 Å². The lowest BCUT2D eigenvalue weighted by Gasteiger charge is -2.23. The van der Waals surface area contributed by atoms with E-state index in [0.717, 1.165) is 41.2 Å². The molecule has 0 N–H and O–H groups in total. The van der Waals surface area contributed by atoms with Gasteiger partial charge in [-0.25, -0.2) is 4.98 Å². The maximum Gasteiger partial charge on any atom is 0.157 e. The first kappa shape index (κ1) is 14.4. The zero-order valence-corrected chi connectivity index (χ0v) is 13.5. The summed E-state index contributed by atoms with van der Waals surface area (Å²) in [7, 11) is 0. The number of rotatable bonds is 3. The van der Waals surface area contributed by atoms with Gasteiger partial charge < -0.3 is 4.90 Å². The van der Waals surface area contributed by atoms with Crippen LogP contribution in [0.3, 0.4) is 0 Å². The quantitative estimate of drug-likeness (QED) is 0.737. The minimum absolute atomic E-state index is 0.657. The Bertz CT molecular complexity index is 895. The molecule has 0 unspecified atom stereocenters. The molecule has 0 aliphatic heterocycles. The van der Waals surface area contributed by atoms with E-state index in [1.165, 1.54) is 5.56 Å². The molecular formula is C18H20N4. The monoisotopic (exact) mass is 292 g/mol. The van der Waals surface area contributed by atoms with E-state index in [1.54, 1.807) is 0 Å². The number of fused-ring (bicyclic) bond motifs is 3. The van der Waals surface area contributed by atoms with Crippen LogP contribution in [0.4, 0.5) is 5.82 Å². The van der Waals surface area contributed by atoms with E-state index >= 15 is 0 Å². The maximum atomic E-state index is 9.52. The van der Waals surface area contributed by atoms with Crippen LogP contribution in [0.1, 0.15) is 30.5 Å². The molecule has 112 valence electrons. The fraction of sp³-hybridized carbons (Fsp3) is 0.333. The Morgan fingerprint density at radius 3 is 2.55 bits per heavy atom. The number of benzene rings is 1. The molecule has 4 heteroatoms. The summed E-state index contributed by atoms with van der Waals surface area (Å²) in [5.41, 5.74) is 5.56. The Morgan fingerprint density at radius 1 is 1.18 bits per heavy atom. The number of anilines is 1. The number of hydrogen-bond acceptors (Lipinski definition) is 3. The summed E-state index contributed by atoms with van der Waals surface area (Å²) < 4.78 is 2.12. The highest BCUT2D eigenvalue weighted by Crippen LogP contribution is 2.29. The molecule has 2 heterocycles. The molecule has 0 spiro atoms. The van der Waals surface area contributed by atoms with Gasteiger partial charge in [0.1, 0.15) is 11.9 Å². The Morgan fingerprint density at radius 2 is 1.91 bits per heavy atom. The summed E-state index contributed by atoms with van der Waals surface area (Å²) in [5, 5.41) is 9.52. The van der Waals surface area contributed by atoms with Gasteiger partial charge in [0.15, 0.2) is 5.65 Å². The largest absolute Gasteiger partial charge is 0.358 e. The van der Waals surface area contributed by atoms with E-state index in [0.29, 0.717) is 5.56 Å². The number of aromatic nitrogens is 2. The third-order valence-electron chi connectivity index (χ3n) is 4.20. The molecule has 0 amide bonds. The molecule has 4 nitrogen and oxygen atoms in total. The summed E-state index contributed by atoms with van der Waals surface area (Å²) >= 11 is 0. The summed E-state index contributed by atoms with van der Waals surface area (Å²) in [6.45, 7) is 10.2. The number of nitrogens with zero attached hydrogens (tertiary/aromatic N) is 4. The Labute approximate surface area is 130 Å². The second-order valence-corrected chi connectivity index (χ2v) is 5.61. The molecule has 22 heavy (non-hydrogen) atoms. The summed E-state index contributed by atoms with van der Waals surface area (Å²) in [6, 6.07) is 10.7. The molecule has 0 aliphatic rings. The lowest BCUT2D eigenvalue weighted by molar-refractivity contribution is 0.837. The van der Waals surface area contributed by atoms with Crippen LogP contribution in [0.25, 0.3) is 16.7 Å². The Balaban J connectivity index is 2.51. The van der Waals surface area contributed by atoms with Crippen LogP contribution < -0.4 is 4.90 Å². The number of nitriles is 1. The molecule has 3 rings (SSSR count). The molecule has 0 bridgehead atoms. The van der Waals surface area contributed by atoms with Gasteiger partial charge in [-0.15, -0.1) is 0 Å². The summed E-state index contributed by atoms with van der Waals surface area (Å²) in [6.07, 6.45) is 0. The van der Waals surface area contributed by atoms with Crippen molar-refractivity contribution in [1.82, 2.24) is 9.38 Å². The van der Waals surface area contributed by atoms with Crippen molar-refractivity contribution < 1.29 is 0 Å². The summed E-state index contributed by atoms with van der Waals surface area (Å²) in [4.78, 5) is 7.03. The highest BCUT2D eigenvalue weighted by molar-refractivity contribution is 5.85. The van der Waals surface area contributed by atoms with E-state index in [9.17, 15) is 5.26 Å². The standard InChI is InChI=1S/C18H20N4/c1-5-21(6-2)17-10-13(4)14(11-19)18-20-15-9-12(3)7-8-16(15)22(17)18/h7-10H,5-6H2,1-4H3. The third-order valence-corrected chi connectivity index (χ3v) is 4.20. The lowest BCUT2D eigenvalue weighted by atomic mass is 10.1. The van der Waals surface area contributed by atoms with Crippen LogP contribution in [0.15, 0.2) is 24.3 Å². The second kappa shape index (κ2) is 5.34. The van der Waals surface area contributed by atoms with Crippen molar-refractivity contribution in [2.45, 2.75) is 27.7 Å². The molecule has 2 aromatic heterocycles. The van der Waals surface area contributed by atoms with Crippen molar-refractivity contribution >= 4 is 22.5 Å². The number of pyridine rings is 1. The van der Waals surface area contributed by atoms with E-state index in [1.807, 2.05) is 6.92 Å². The molecule has 0 saturated carbocycles. The smallest absolute Gasteiger partial charge is 0.157 e. The normalized spacial score (nSPS) is 11.0. The van der Waals surface area contributed by atoms with E-state index in [4.69, 9.17) is 4.98 Å².